The van der Waals surface area contributed by atoms with E-state index in [1.807, 2.05) is 62.4 Å². The molecule has 1 aromatic heterocycles. The lowest BCUT2D eigenvalue weighted by molar-refractivity contribution is -0.120. The molecular weight excluding hydrogens is 392 g/mol. The lowest BCUT2D eigenvalue weighted by Crippen LogP contribution is -2.30. The molecule has 0 saturated heterocycles. The summed E-state index contributed by atoms with van der Waals surface area (Å²) in [5.74, 6) is 0.759. The summed E-state index contributed by atoms with van der Waals surface area (Å²) in [6, 6.07) is 15.7. The predicted molar refractivity (Wildman–Crippen MR) is 115 cm³/mol. The Hall–Kier alpha value is -2.58. The van der Waals surface area contributed by atoms with Gasteiger partial charge < -0.3 is 15.4 Å². The molecule has 3 rings (SSSR count). The average Bonchev–Trinajstić information content (AvgIpc) is 3.13. The fraction of sp³-hybridized carbons (Fsp3) is 0.250. The number of nitrogens with zero attached hydrogens (tertiary/aromatic N) is 2. The third kappa shape index (κ3) is 5.71. The lowest BCUT2D eigenvalue weighted by Gasteiger charge is -2.10. The number of thioether (sulfide) groups is 1. The van der Waals surface area contributed by atoms with Crippen molar-refractivity contribution in [2.24, 2.45) is 0 Å². The highest BCUT2D eigenvalue weighted by atomic mass is 32.2. The maximum atomic E-state index is 12.4. The fourth-order valence-corrected chi connectivity index (χ4v) is 4.38. The molecule has 8 heteroatoms. The smallest absolute Gasteiger partial charge is 0.233 e. The highest BCUT2D eigenvalue weighted by Crippen LogP contribution is 2.30. The molecule has 6 nitrogen and oxygen atoms in total. The second-order valence-electron chi connectivity index (χ2n) is 6.19. The summed E-state index contributed by atoms with van der Waals surface area (Å²) in [5, 5.41) is 15.0. The van der Waals surface area contributed by atoms with Crippen LogP contribution in [0, 0.1) is 6.92 Å². The number of carbonyl (C=O) groups is 1. The van der Waals surface area contributed by atoms with E-state index in [1.165, 1.54) is 28.7 Å². The van der Waals surface area contributed by atoms with Crippen molar-refractivity contribution in [2.45, 2.75) is 30.0 Å². The lowest BCUT2D eigenvalue weighted by atomic mass is 10.2. The van der Waals surface area contributed by atoms with Gasteiger partial charge in [-0.1, -0.05) is 47.4 Å². The number of methoxy groups -OCH3 is 1. The molecule has 0 bridgehead atoms. The number of anilines is 2. The molecule has 1 unspecified atom stereocenters. The summed E-state index contributed by atoms with van der Waals surface area (Å²) in [6.45, 7) is 4.38. The van der Waals surface area contributed by atoms with Gasteiger partial charge in [-0.3, -0.25) is 4.79 Å². The van der Waals surface area contributed by atoms with Crippen LogP contribution >= 0.6 is 23.1 Å². The van der Waals surface area contributed by atoms with Crippen LogP contribution in [-0.4, -0.2) is 28.5 Å². The molecule has 1 atom stereocenters. The van der Waals surface area contributed by atoms with Gasteiger partial charge in [-0.2, -0.15) is 0 Å². The second-order valence-corrected chi connectivity index (χ2v) is 8.76. The van der Waals surface area contributed by atoms with E-state index in [9.17, 15) is 4.79 Å². The molecule has 0 spiro atoms. The third-order valence-corrected chi connectivity index (χ3v) is 5.97. The standard InChI is InChI=1S/C20H22N4O2S2/c1-13-5-4-6-16(11-13)22-19-23-24-20(28-19)27-14(2)18(25)21-12-15-7-9-17(26-3)10-8-15/h4-11,14H,12H2,1-3H3,(H,21,25)(H,22,23). The Morgan fingerprint density at radius 1 is 1.21 bits per heavy atom. The van der Waals surface area contributed by atoms with Gasteiger partial charge >= 0.3 is 0 Å². The zero-order valence-corrected chi connectivity index (χ0v) is 17.6. The van der Waals surface area contributed by atoms with Gasteiger partial charge in [-0.25, -0.2) is 0 Å². The van der Waals surface area contributed by atoms with Crippen LogP contribution in [0.2, 0.25) is 0 Å². The maximum Gasteiger partial charge on any atom is 0.233 e. The zero-order valence-electron chi connectivity index (χ0n) is 15.9. The van der Waals surface area contributed by atoms with E-state index < -0.39 is 0 Å². The summed E-state index contributed by atoms with van der Waals surface area (Å²) in [4.78, 5) is 12.4. The minimum atomic E-state index is -0.266. The number of nitrogens with one attached hydrogen (secondary N) is 2. The molecule has 2 aromatic carbocycles. The Kier molecular flexibility index (Phi) is 6.89. The van der Waals surface area contributed by atoms with E-state index in [0.29, 0.717) is 11.7 Å². The Labute approximate surface area is 172 Å². The molecule has 2 N–H and O–H groups in total. The van der Waals surface area contributed by atoms with Crippen LogP contribution in [-0.2, 0) is 11.3 Å². The molecule has 0 aliphatic rings. The Morgan fingerprint density at radius 2 is 2.00 bits per heavy atom. The quantitative estimate of drug-likeness (QED) is 0.532. The minimum Gasteiger partial charge on any atom is -0.497 e. The molecule has 1 amide bonds. The van der Waals surface area contributed by atoms with Gasteiger partial charge in [0.1, 0.15) is 5.75 Å². The first-order chi connectivity index (χ1) is 13.5. The number of carbonyl (C=O) groups excluding carboxylic acids is 1. The molecule has 0 aliphatic heterocycles. The Morgan fingerprint density at radius 3 is 2.71 bits per heavy atom. The number of amides is 1. The van der Waals surface area contributed by atoms with Gasteiger partial charge in [-0.05, 0) is 49.2 Å². The van der Waals surface area contributed by atoms with Crippen molar-refractivity contribution in [3.8, 4) is 5.75 Å². The number of aromatic nitrogens is 2. The average molecular weight is 415 g/mol. The zero-order chi connectivity index (χ0) is 19.9. The van der Waals surface area contributed by atoms with Crippen LogP contribution in [0.15, 0.2) is 52.9 Å². The normalized spacial score (nSPS) is 11.7. The molecule has 0 fully saturated rings. The van der Waals surface area contributed by atoms with Crippen molar-refractivity contribution in [3.63, 3.8) is 0 Å². The molecule has 28 heavy (non-hydrogen) atoms. The van der Waals surface area contributed by atoms with E-state index in [1.54, 1.807) is 7.11 Å². The van der Waals surface area contributed by atoms with E-state index in [0.717, 1.165) is 21.3 Å². The van der Waals surface area contributed by atoms with E-state index in [2.05, 4.69) is 20.8 Å². The van der Waals surface area contributed by atoms with E-state index in [-0.39, 0.29) is 11.2 Å². The topological polar surface area (TPSA) is 76.1 Å². The van der Waals surface area contributed by atoms with Crippen LogP contribution < -0.4 is 15.4 Å². The van der Waals surface area contributed by atoms with Gasteiger partial charge in [0.15, 0.2) is 4.34 Å². The van der Waals surface area contributed by atoms with Gasteiger partial charge in [0.25, 0.3) is 0 Å². The van der Waals surface area contributed by atoms with Crippen LogP contribution in [0.1, 0.15) is 18.1 Å². The summed E-state index contributed by atoms with van der Waals surface area (Å²) in [5.41, 5.74) is 3.16. The molecule has 1 heterocycles. The fourth-order valence-electron chi connectivity index (χ4n) is 2.44. The number of ether oxygens (including phenoxy) is 1. The van der Waals surface area contributed by atoms with Crippen LogP contribution in [0.3, 0.4) is 0 Å². The van der Waals surface area contributed by atoms with Gasteiger partial charge in [-0.15, -0.1) is 10.2 Å². The largest absolute Gasteiger partial charge is 0.497 e. The van der Waals surface area contributed by atoms with Crippen molar-refractivity contribution in [2.75, 3.05) is 12.4 Å². The molecule has 0 saturated carbocycles. The minimum absolute atomic E-state index is 0.0378. The monoisotopic (exact) mass is 414 g/mol. The first kappa shape index (κ1) is 20.2. The van der Waals surface area contributed by atoms with Gasteiger partial charge in [0.2, 0.25) is 11.0 Å². The SMILES string of the molecule is COc1ccc(CNC(=O)C(C)Sc2nnc(Nc3cccc(C)c3)s2)cc1. The summed E-state index contributed by atoms with van der Waals surface area (Å²) in [6.07, 6.45) is 0. The second kappa shape index (κ2) is 9.57. The first-order valence-electron chi connectivity index (χ1n) is 8.78. The number of benzene rings is 2. The summed E-state index contributed by atoms with van der Waals surface area (Å²) >= 11 is 2.83. The Bertz CT molecular complexity index is 928. The molecule has 146 valence electrons. The predicted octanol–water partition coefficient (Wildman–Crippen LogP) is 4.40. The third-order valence-electron chi connectivity index (χ3n) is 3.95. The van der Waals surface area contributed by atoms with Gasteiger partial charge in [0, 0.05) is 12.2 Å². The highest BCUT2D eigenvalue weighted by Gasteiger charge is 2.17. The molecule has 3 aromatic rings. The first-order valence-corrected chi connectivity index (χ1v) is 10.5. The van der Waals surface area contributed by atoms with Crippen molar-refractivity contribution < 1.29 is 9.53 Å². The van der Waals surface area contributed by atoms with Crippen LogP contribution in [0.4, 0.5) is 10.8 Å². The van der Waals surface area contributed by atoms with E-state index in [4.69, 9.17) is 4.74 Å². The molecule has 0 radical (unpaired) electrons. The molecular formula is C20H22N4O2S2. The van der Waals surface area contributed by atoms with E-state index >= 15 is 0 Å². The summed E-state index contributed by atoms with van der Waals surface area (Å²) < 4.78 is 5.89. The van der Waals surface area contributed by atoms with Gasteiger partial charge in [0.05, 0.1) is 12.4 Å². The van der Waals surface area contributed by atoms with Crippen molar-refractivity contribution in [3.05, 3.63) is 59.7 Å². The molecule has 0 aliphatic carbocycles. The number of hydrogen-bond acceptors (Lipinski definition) is 7. The maximum absolute atomic E-state index is 12.4. The number of rotatable bonds is 8. The van der Waals surface area contributed by atoms with Crippen molar-refractivity contribution in [1.29, 1.82) is 0 Å². The Balaban J connectivity index is 1.50. The summed E-state index contributed by atoms with van der Waals surface area (Å²) in [7, 11) is 1.63. The van der Waals surface area contributed by atoms with Crippen LogP contribution in [0.5, 0.6) is 5.75 Å². The van der Waals surface area contributed by atoms with Crippen molar-refractivity contribution in [1.82, 2.24) is 15.5 Å². The number of hydrogen-bond donors (Lipinski definition) is 2. The highest BCUT2D eigenvalue weighted by molar-refractivity contribution is 8.02. The van der Waals surface area contributed by atoms with Crippen molar-refractivity contribution >= 4 is 39.8 Å². The van der Waals surface area contributed by atoms with Crippen LogP contribution in [0.25, 0.3) is 0 Å². The number of aryl methyl sites for hydroxylation is 1.